The van der Waals surface area contributed by atoms with Gasteiger partial charge in [0, 0.05) is 18.3 Å². The van der Waals surface area contributed by atoms with Crippen molar-refractivity contribution in [2.24, 2.45) is 0 Å². The Bertz CT molecular complexity index is 491. The molecule has 0 aromatic carbocycles. The molecule has 0 radical (unpaired) electrons. The molecule has 0 aliphatic heterocycles. The number of aromatic amines is 1. The molecule has 0 aliphatic carbocycles. The van der Waals surface area contributed by atoms with Crippen molar-refractivity contribution in [3.8, 4) is 0 Å². The predicted molar refractivity (Wildman–Crippen MR) is 69.8 cm³/mol. The summed E-state index contributed by atoms with van der Waals surface area (Å²) in [6, 6.07) is 1.70. The second-order valence-electron chi connectivity index (χ2n) is 4.66. The van der Waals surface area contributed by atoms with Gasteiger partial charge in [-0.15, -0.1) is 0 Å². The van der Waals surface area contributed by atoms with Crippen LogP contribution in [0.4, 0.5) is 0 Å². The maximum Gasteiger partial charge on any atom is 0.261 e. The number of nitrogens with zero attached hydrogens (tertiary/aromatic N) is 1. The monoisotopic (exact) mass is 252 g/mol. The Morgan fingerprint density at radius 1 is 1.44 bits per heavy atom. The van der Waals surface area contributed by atoms with Gasteiger partial charge in [0.25, 0.3) is 11.5 Å². The Morgan fingerprint density at radius 3 is 2.50 bits per heavy atom. The summed E-state index contributed by atoms with van der Waals surface area (Å²) in [5.41, 5.74) is 1.17. The van der Waals surface area contributed by atoms with Gasteiger partial charge >= 0.3 is 0 Å². The Labute approximate surface area is 106 Å². The SMILES string of the molecule is Cc1cc(C)c(C(=O)N(CCO)C(C)C)c(=O)[nH]1. The lowest BCUT2D eigenvalue weighted by Crippen LogP contribution is -2.41. The Balaban J connectivity index is 3.21. The summed E-state index contributed by atoms with van der Waals surface area (Å²) in [4.78, 5) is 28.3. The number of rotatable bonds is 4. The van der Waals surface area contributed by atoms with Crippen molar-refractivity contribution in [2.45, 2.75) is 33.7 Å². The average Bonchev–Trinajstić information content (AvgIpc) is 2.23. The Hall–Kier alpha value is -1.62. The molecular weight excluding hydrogens is 232 g/mol. The van der Waals surface area contributed by atoms with Crippen molar-refractivity contribution >= 4 is 5.91 Å². The average molecular weight is 252 g/mol. The van der Waals surface area contributed by atoms with E-state index in [9.17, 15) is 9.59 Å². The molecule has 0 saturated carbocycles. The highest BCUT2D eigenvalue weighted by atomic mass is 16.3. The Morgan fingerprint density at radius 2 is 2.06 bits per heavy atom. The molecule has 1 rings (SSSR count). The normalized spacial score (nSPS) is 10.8. The molecule has 0 bridgehead atoms. The number of aromatic nitrogens is 1. The standard InChI is InChI=1S/C13H20N2O3/c1-8(2)15(5-6-16)13(18)11-9(3)7-10(4)14-12(11)17/h7-8,16H,5-6H2,1-4H3,(H,14,17). The van der Waals surface area contributed by atoms with Crippen LogP contribution < -0.4 is 5.56 Å². The number of carbonyl (C=O) groups is 1. The molecule has 5 nitrogen and oxygen atoms in total. The molecule has 0 saturated heterocycles. The largest absolute Gasteiger partial charge is 0.395 e. The topological polar surface area (TPSA) is 73.4 Å². The van der Waals surface area contributed by atoms with E-state index in [2.05, 4.69) is 4.98 Å². The van der Waals surface area contributed by atoms with E-state index in [0.29, 0.717) is 5.56 Å². The first-order chi connectivity index (χ1) is 8.38. The van der Waals surface area contributed by atoms with E-state index >= 15 is 0 Å². The van der Waals surface area contributed by atoms with E-state index in [1.54, 1.807) is 19.9 Å². The number of pyridine rings is 1. The van der Waals surface area contributed by atoms with Crippen LogP contribution in [-0.2, 0) is 0 Å². The third kappa shape index (κ3) is 2.98. The van der Waals surface area contributed by atoms with E-state index in [1.807, 2.05) is 13.8 Å². The van der Waals surface area contributed by atoms with Crippen molar-refractivity contribution in [1.29, 1.82) is 0 Å². The number of aryl methyl sites for hydroxylation is 2. The van der Waals surface area contributed by atoms with Crippen molar-refractivity contribution in [3.63, 3.8) is 0 Å². The number of hydrogen-bond acceptors (Lipinski definition) is 3. The molecule has 0 fully saturated rings. The van der Waals surface area contributed by atoms with Crippen LogP contribution in [0, 0.1) is 13.8 Å². The molecule has 1 amide bonds. The number of carbonyl (C=O) groups excluding carboxylic acids is 1. The minimum atomic E-state index is -0.374. The molecule has 0 aliphatic rings. The van der Waals surface area contributed by atoms with Crippen LogP contribution in [0.25, 0.3) is 0 Å². The number of aliphatic hydroxyl groups excluding tert-OH is 1. The number of amides is 1. The summed E-state index contributed by atoms with van der Waals surface area (Å²) in [7, 11) is 0. The summed E-state index contributed by atoms with van der Waals surface area (Å²) in [5, 5.41) is 8.98. The van der Waals surface area contributed by atoms with Gasteiger partial charge in [0.05, 0.1) is 6.61 Å². The third-order valence-electron chi connectivity index (χ3n) is 2.80. The van der Waals surface area contributed by atoms with Gasteiger partial charge in [-0.2, -0.15) is 0 Å². The van der Waals surface area contributed by atoms with Gasteiger partial charge in [0.1, 0.15) is 5.56 Å². The van der Waals surface area contributed by atoms with Crippen LogP contribution in [0.3, 0.4) is 0 Å². The van der Waals surface area contributed by atoms with Crippen LogP contribution in [0.15, 0.2) is 10.9 Å². The summed E-state index contributed by atoms with van der Waals surface area (Å²) < 4.78 is 0. The molecular formula is C13H20N2O3. The van der Waals surface area contributed by atoms with Gasteiger partial charge in [-0.1, -0.05) is 0 Å². The summed E-state index contributed by atoms with van der Waals surface area (Å²) >= 11 is 0. The Kier molecular flexibility index (Phi) is 4.67. The minimum absolute atomic E-state index is 0.0650. The van der Waals surface area contributed by atoms with Gasteiger partial charge in [0.2, 0.25) is 0 Å². The molecule has 18 heavy (non-hydrogen) atoms. The molecule has 0 spiro atoms. The number of hydrogen-bond donors (Lipinski definition) is 2. The fourth-order valence-corrected chi connectivity index (χ4v) is 1.97. The second kappa shape index (κ2) is 5.82. The zero-order valence-electron chi connectivity index (χ0n) is 11.3. The van der Waals surface area contributed by atoms with Crippen LogP contribution in [-0.4, -0.2) is 40.1 Å². The first-order valence-corrected chi connectivity index (χ1v) is 6.00. The van der Waals surface area contributed by atoms with E-state index in [4.69, 9.17) is 5.11 Å². The zero-order valence-corrected chi connectivity index (χ0v) is 11.3. The van der Waals surface area contributed by atoms with Gasteiger partial charge in [-0.3, -0.25) is 9.59 Å². The van der Waals surface area contributed by atoms with Crippen LogP contribution >= 0.6 is 0 Å². The number of H-pyrrole nitrogens is 1. The van der Waals surface area contributed by atoms with E-state index in [0.717, 1.165) is 5.69 Å². The molecule has 100 valence electrons. The van der Waals surface area contributed by atoms with Crippen LogP contribution in [0.1, 0.15) is 35.5 Å². The highest BCUT2D eigenvalue weighted by Gasteiger charge is 2.22. The van der Waals surface area contributed by atoms with E-state index in [-0.39, 0.29) is 36.2 Å². The highest BCUT2D eigenvalue weighted by molar-refractivity contribution is 5.95. The van der Waals surface area contributed by atoms with Crippen LogP contribution in [0.2, 0.25) is 0 Å². The van der Waals surface area contributed by atoms with Gasteiger partial charge < -0.3 is 15.0 Å². The highest BCUT2D eigenvalue weighted by Crippen LogP contribution is 2.09. The number of nitrogens with one attached hydrogen (secondary N) is 1. The lowest BCUT2D eigenvalue weighted by Gasteiger charge is -2.26. The number of aliphatic hydroxyl groups is 1. The first kappa shape index (κ1) is 14.4. The van der Waals surface area contributed by atoms with Gasteiger partial charge in [0.15, 0.2) is 0 Å². The van der Waals surface area contributed by atoms with Crippen molar-refractivity contribution in [2.75, 3.05) is 13.2 Å². The second-order valence-corrected chi connectivity index (χ2v) is 4.66. The smallest absolute Gasteiger partial charge is 0.261 e. The van der Waals surface area contributed by atoms with Crippen molar-refractivity contribution in [3.05, 3.63) is 33.2 Å². The first-order valence-electron chi connectivity index (χ1n) is 6.00. The van der Waals surface area contributed by atoms with Gasteiger partial charge in [-0.25, -0.2) is 0 Å². The maximum absolute atomic E-state index is 12.3. The third-order valence-corrected chi connectivity index (χ3v) is 2.80. The summed E-state index contributed by atoms with van der Waals surface area (Å²) in [6.07, 6.45) is 0. The molecule has 1 aromatic rings. The molecule has 5 heteroatoms. The molecule has 2 N–H and O–H groups in total. The van der Waals surface area contributed by atoms with Crippen molar-refractivity contribution in [1.82, 2.24) is 9.88 Å². The molecule has 1 aromatic heterocycles. The fraction of sp³-hybridized carbons (Fsp3) is 0.538. The van der Waals surface area contributed by atoms with Gasteiger partial charge in [-0.05, 0) is 39.3 Å². The lowest BCUT2D eigenvalue weighted by atomic mass is 10.1. The quantitative estimate of drug-likeness (QED) is 0.833. The van der Waals surface area contributed by atoms with E-state index < -0.39 is 0 Å². The summed E-state index contributed by atoms with van der Waals surface area (Å²) in [5.74, 6) is -0.335. The molecule has 0 unspecified atom stereocenters. The fourth-order valence-electron chi connectivity index (χ4n) is 1.97. The lowest BCUT2D eigenvalue weighted by molar-refractivity contribution is 0.0662. The minimum Gasteiger partial charge on any atom is -0.395 e. The van der Waals surface area contributed by atoms with E-state index in [1.165, 1.54) is 4.90 Å². The van der Waals surface area contributed by atoms with Crippen LogP contribution in [0.5, 0.6) is 0 Å². The summed E-state index contributed by atoms with van der Waals surface area (Å²) in [6.45, 7) is 7.33. The zero-order chi connectivity index (χ0) is 13.9. The molecule has 1 heterocycles. The predicted octanol–water partition coefficient (Wildman–Crippen LogP) is 0.835. The molecule has 0 atom stereocenters. The van der Waals surface area contributed by atoms with Crippen molar-refractivity contribution < 1.29 is 9.90 Å². The maximum atomic E-state index is 12.3.